The highest BCUT2D eigenvalue weighted by Crippen LogP contribution is 2.21. The van der Waals surface area contributed by atoms with Gasteiger partial charge in [0, 0.05) is 12.6 Å². The first kappa shape index (κ1) is 13.3. The third-order valence-electron chi connectivity index (χ3n) is 3.51. The SMILES string of the molecule is NC(=O)NC(=O)CN1CCCC(CNC2CC2)C1. The number of hydrogen-bond donors (Lipinski definition) is 3. The van der Waals surface area contributed by atoms with Crippen molar-refractivity contribution >= 4 is 11.9 Å². The second-order valence-corrected chi connectivity index (χ2v) is 5.34. The van der Waals surface area contributed by atoms with Crippen molar-refractivity contribution in [3.8, 4) is 0 Å². The quantitative estimate of drug-likeness (QED) is 0.625. The molecule has 0 aromatic carbocycles. The number of hydrogen-bond acceptors (Lipinski definition) is 4. The number of urea groups is 1. The summed E-state index contributed by atoms with van der Waals surface area (Å²) < 4.78 is 0. The van der Waals surface area contributed by atoms with Gasteiger partial charge in [-0.15, -0.1) is 0 Å². The van der Waals surface area contributed by atoms with E-state index in [4.69, 9.17) is 5.73 Å². The standard InChI is InChI=1S/C12H22N4O2/c13-12(18)15-11(17)8-16-5-1-2-9(7-16)6-14-10-3-4-10/h9-10,14H,1-8H2,(H3,13,15,17,18). The van der Waals surface area contributed by atoms with E-state index < -0.39 is 6.03 Å². The number of nitrogens with zero attached hydrogens (tertiary/aromatic N) is 1. The zero-order valence-corrected chi connectivity index (χ0v) is 10.7. The van der Waals surface area contributed by atoms with E-state index in [1.54, 1.807) is 0 Å². The maximum atomic E-state index is 11.4. The summed E-state index contributed by atoms with van der Waals surface area (Å²) in [6, 6.07) is -0.0394. The molecular weight excluding hydrogens is 232 g/mol. The van der Waals surface area contributed by atoms with Crippen LogP contribution in [-0.2, 0) is 4.79 Å². The molecule has 2 fully saturated rings. The summed E-state index contributed by atoms with van der Waals surface area (Å²) in [4.78, 5) is 24.1. The molecule has 0 radical (unpaired) electrons. The largest absolute Gasteiger partial charge is 0.351 e. The molecule has 0 aromatic heterocycles. The fourth-order valence-electron chi connectivity index (χ4n) is 2.46. The highest BCUT2D eigenvalue weighted by atomic mass is 16.2. The molecule has 18 heavy (non-hydrogen) atoms. The molecule has 1 atom stereocenters. The van der Waals surface area contributed by atoms with Crippen molar-refractivity contribution in [2.24, 2.45) is 11.7 Å². The van der Waals surface area contributed by atoms with Crippen LogP contribution in [0.4, 0.5) is 4.79 Å². The van der Waals surface area contributed by atoms with Crippen LogP contribution in [0.25, 0.3) is 0 Å². The lowest BCUT2D eigenvalue weighted by Gasteiger charge is -2.32. The number of likely N-dealkylation sites (tertiary alicyclic amines) is 1. The zero-order valence-electron chi connectivity index (χ0n) is 10.7. The van der Waals surface area contributed by atoms with Crippen molar-refractivity contribution in [1.82, 2.24) is 15.5 Å². The maximum absolute atomic E-state index is 11.4. The minimum absolute atomic E-state index is 0.267. The number of primary amides is 1. The molecule has 2 aliphatic rings. The predicted octanol–water partition coefficient (Wildman–Crippen LogP) is -0.355. The summed E-state index contributed by atoms with van der Waals surface area (Å²) in [5, 5.41) is 5.64. The molecule has 1 heterocycles. The van der Waals surface area contributed by atoms with Gasteiger partial charge in [0.2, 0.25) is 5.91 Å². The molecule has 0 spiro atoms. The number of piperidine rings is 1. The van der Waals surface area contributed by atoms with E-state index in [1.807, 2.05) is 0 Å². The monoisotopic (exact) mass is 254 g/mol. The van der Waals surface area contributed by atoms with Crippen LogP contribution < -0.4 is 16.4 Å². The number of rotatable bonds is 5. The number of nitrogens with one attached hydrogen (secondary N) is 2. The molecule has 1 saturated heterocycles. The normalized spacial score (nSPS) is 24.8. The Morgan fingerprint density at radius 2 is 2.06 bits per heavy atom. The highest BCUT2D eigenvalue weighted by molar-refractivity contribution is 5.94. The maximum Gasteiger partial charge on any atom is 0.318 e. The van der Waals surface area contributed by atoms with Crippen molar-refractivity contribution in [3.63, 3.8) is 0 Å². The first-order valence-corrected chi connectivity index (χ1v) is 6.68. The van der Waals surface area contributed by atoms with Gasteiger partial charge in [0.1, 0.15) is 0 Å². The Hall–Kier alpha value is -1.14. The minimum atomic E-state index is -0.774. The Balaban J connectivity index is 1.68. The topological polar surface area (TPSA) is 87.5 Å². The van der Waals surface area contributed by atoms with Crippen LogP contribution in [0.15, 0.2) is 0 Å². The molecule has 0 bridgehead atoms. The molecule has 1 saturated carbocycles. The van der Waals surface area contributed by atoms with Gasteiger partial charge in [0.05, 0.1) is 6.54 Å². The van der Waals surface area contributed by atoms with E-state index in [0.717, 1.165) is 32.1 Å². The molecule has 6 nitrogen and oxygen atoms in total. The van der Waals surface area contributed by atoms with Crippen LogP contribution in [0.3, 0.4) is 0 Å². The van der Waals surface area contributed by atoms with E-state index >= 15 is 0 Å². The Morgan fingerprint density at radius 1 is 1.28 bits per heavy atom. The van der Waals surface area contributed by atoms with Gasteiger partial charge in [-0.3, -0.25) is 15.0 Å². The molecule has 1 aliphatic carbocycles. The van der Waals surface area contributed by atoms with E-state index in [1.165, 1.54) is 19.3 Å². The predicted molar refractivity (Wildman–Crippen MR) is 67.9 cm³/mol. The second-order valence-electron chi connectivity index (χ2n) is 5.34. The number of carbonyl (C=O) groups excluding carboxylic acids is 2. The summed E-state index contributed by atoms with van der Waals surface area (Å²) in [5.41, 5.74) is 4.91. The van der Waals surface area contributed by atoms with Crippen molar-refractivity contribution in [1.29, 1.82) is 0 Å². The van der Waals surface area contributed by atoms with Crippen molar-refractivity contribution < 1.29 is 9.59 Å². The summed E-state index contributed by atoms with van der Waals surface area (Å²) in [6.45, 7) is 3.15. The Bertz CT molecular complexity index is 317. The number of amides is 3. The molecule has 0 aromatic rings. The van der Waals surface area contributed by atoms with Crippen LogP contribution in [0.5, 0.6) is 0 Å². The van der Waals surface area contributed by atoms with E-state index in [0.29, 0.717) is 5.92 Å². The molecular formula is C12H22N4O2. The van der Waals surface area contributed by atoms with Crippen molar-refractivity contribution in [3.05, 3.63) is 0 Å². The third kappa shape index (κ3) is 4.62. The Kier molecular flexibility index (Phi) is 4.54. The van der Waals surface area contributed by atoms with Gasteiger partial charge >= 0.3 is 6.03 Å². The molecule has 3 amide bonds. The molecule has 102 valence electrons. The lowest BCUT2D eigenvalue weighted by Crippen LogP contribution is -2.46. The van der Waals surface area contributed by atoms with Crippen LogP contribution in [0.1, 0.15) is 25.7 Å². The lowest BCUT2D eigenvalue weighted by atomic mass is 9.98. The third-order valence-corrected chi connectivity index (χ3v) is 3.51. The summed E-state index contributed by atoms with van der Waals surface area (Å²) in [6.07, 6.45) is 4.93. The van der Waals surface area contributed by atoms with Crippen LogP contribution in [0, 0.1) is 5.92 Å². The Morgan fingerprint density at radius 3 is 2.72 bits per heavy atom. The van der Waals surface area contributed by atoms with Gasteiger partial charge in [-0.2, -0.15) is 0 Å². The van der Waals surface area contributed by atoms with E-state index in [2.05, 4.69) is 15.5 Å². The van der Waals surface area contributed by atoms with Crippen LogP contribution in [-0.4, -0.2) is 49.1 Å². The average molecular weight is 254 g/mol. The van der Waals surface area contributed by atoms with Gasteiger partial charge in [-0.05, 0) is 44.7 Å². The molecule has 1 aliphatic heterocycles. The number of imide groups is 1. The molecule has 6 heteroatoms. The summed E-state index contributed by atoms with van der Waals surface area (Å²) in [7, 11) is 0. The summed E-state index contributed by atoms with van der Waals surface area (Å²) in [5.74, 6) is 0.305. The number of nitrogens with two attached hydrogens (primary N) is 1. The van der Waals surface area contributed by atoms with E-state index in [9.17, 15) is 9.59 Å². The van der Waals surface area contributed by atoms with Crippen molar-refractivity contribution in [2.75, 3.05) is 26.2 Å². The van der Waals surface area contributed by atoms with E-state index in [-0.39, 0.29) is 12.5 Å². The molecule has 2 rings (SSSR count). The molecule has 4 N–H and O–H groups in total. The minimum Gasteiger partial charge on any atom is -0.351 e. The van der Waals surface area contributed by atoms with Gasteiger partial charge in [0.15, 0.2) is 0 Å². The first-order chi connectivity index (χ1) is 8.63. The highest BCUT2D eigenvalue weighted by Gasteiger charge is 2.25. The van der Waals surface area contributed by atoms with Crippen molar-refractivity contribution in [2.45, 2.75) is 31.7 Å². The van der Waals surface area contributed by atoms with Gasteiger partial charge in [-0.25, -0.2) is 4.79 Å². The smallest absolute Gasteiger partial charge is 0.318 e. The van der Waals surface area contributed by atoms with Gasteiger partial charge in [0.25, 0.3) is 0 Å². The van der Waals surface area contributed by atoms with Crippen LogP contribution >= 0.6 is 0 Å². The fourth-order valence-corrected chi connectivity index (χ4v) is 2.46. The average Bonchev–Trinajstić information content (AvgIpc) is 3.09. The summed E-state index contributed by atoms with van der Waals surface area (Å²) >= 11 is 0. The number of carbonyl (C=O) groups is 2. The first-order valence-electron chi connectivity index (χ1n) is 6.68. The second kappa shape index (κ2) is 6.15. The van der Waals surface area contributed by atoms with Gasteiger partial charge in [-0.1, -0.05) is 0 Å². The fraction of sp³-hybridized carbons (Fsp3) is 0.833. The Labute approximate surface area is 107 Å². The van der Waals surface area contributed by atoms with Crippen LogP contribution in [0.2, 0.25) is 0 Å². The lowest BCUT2D eigenvalue weighted by molar-refractivity contribution is -0.121. The molecule has 1 unspecified atom stereocenters. The zero-order chi connectivity index (χ0) is 13.0. The van der Waals surface area contributed by atoms with Gasteiger partial charge < -0.3 is 11.1 Å².